The van der Waals surface area contributed by atoms with Crippen LogP contribution in [0.3, 0.4) is 0 Å². The predicted octanol–water partition coefficient (Wildman–Crippen LogP) is 0.869. The highest BCUT2D eigenvalue weighted by molar-refractivity contribution is 5.81. The number of amides is 1. The fourth-order valence-corrected chi connectivity index (χ4v) is 1.86. The first-order valence-corrected chi connectivity index (χ1v) is 6.00. The molecule has 4 nitrogen and oxygen atoms in total. The molecule has 1 heterocycles. The van der Waals surface area contributed by atoms with Crippen molar-refractivity contribution in [2.24, 2.45) is 5.41 Å². The standard InChI is InChI=1S/C12H24N2O2/c1-12(2,3)11(15)14-7-8-16-10(9-14)5-6-13-4/h10,13H,5-9H2,1-4H3. The molecule has 4 heteroatoms. The van der Waals surface area contributed by atoms with Crippen LogP contribution in [0.25, 0.3) is 0 Å². The van der Waals surface area contributed by atoms with E-state index in [0.717, 1.165) is 26.1 Å². The first-order chi connectivity index (χ1) is 7.45. The monoisotopic (exact) mass is 228 g/mol. The van der Waals surface area contributed by atoms with Gasteiger partial charge < -0.3 is 15.0 Å². The molecular weight excluding hydrogens is 204 g/mol. The van der Waals surface area contributed by atoms with E-state index in [1.165, 1.54) is 0 Å². The van der Waals surface area contributed by atoms with Crippen LogP contribution in [0.5, 0.6) is 0 Å². The summed E-state index contributed by atoms with van der Waals surface area (Å²) in [6, 6.07) is 0. The predicted molar refractivity (Wildman–Crippen MR) is 64.3 cm³/mol. The summed E-state index contributed by atoms with van der Waals surface area (Å²) < 4.78 is 5.64. The molecule has 16 heavy (non-hydrogen) atoms. The average Bonchev–Trinajstić information content (AvgIpc) is 2.24. The second-order valence-electron chi connectivity index (χ2n) is 5.39. The molecular formula is C12H24N2O2. The Balaban J connectivity index is 2.47. The minimum Gasteiger partial charge on any atom is -0.374 e. The molecule has 0 aromatic rings. The van der Waals surface area contributed by atoms with Gasteiger partial charge >= 0.3 is 0 Å². The van der Waals surface area contributed by atoms with E-state index in [2.05, 4.69) is 5.32 Å². The Morgan fingerprint density at radius 3 is 2.75 bits per heavy atom. The van der Waals surface area contributed by atoms with Crippen LogP contribution in [0.4, 0.5) is 0 Å². The third-order valence-corrected chi connectivity index (χ3v) is 2.78. The summed E-state index contributed by atoms with van der Waals surface area (Å²) in [5.41, 5.74) is -0.287. The molecule has 0 aromatic heterocycles. The lowest BCUT2D eigenvalue weighted by Gasteiger charge is -2.36. The van der Waals surface area contributed by atoms with Crippen LogP contribution < -0.4 is 5.32 Å². The molecule has 1 N–H and O–H groups in total. The Bertz CT molecular complexity index is 236. The summed E-state index contributed by atoms with van der Waals surface area (Å²) >= 11 is 0. The number of carbonyl (C=O) groups is 1. The number of nitrogens with zero attached hydrogens (tertiary/aromatic N) is 1. The van der Waals surface area contributed by atoms with Crippen molar-refractivity contribution in [2.45, 2.75) is 33.3 Å². The Morgan fingerprint density at radius 1 is 1.50 bits per heavy atom. The number of ether oxygens (including phenoxy) is 1. The van der Waals surface area contributed by atoms with Crippen molar-refractivity contribution in [3.63, 3.8) is 0 Å². The Morgan fingerprint density at radius 2 is 2.19 bits per heavy atom. The first kappa shape index (κ1) is 13.5. The molecule has 0 spiro atoms. The van der Waals surface area contributed by atoms with Gasteiger partial charge in [0.1, 0.15) is 0 Å². The van der Waals surface area contributed by atoms with Gasteiger partial charge in [0.25, 0.3) is 0 Å². The van der Waals surface area contributed by atoms with Crippen LogP contribution in [0, 0.1) is 5.41 Å². The van der Waals surface area contributed by atoms with Gasteiger partial charge in [0.2, 0.25) is 5.91 Å². The van der Waals surface area contributed by atoms with Gasteiger partial charge in [-0.3, -0.25) is 4.79 Å². The molecule has 0 bridgehead atoms. The fraction of sp³-hybridized carbons (Fsp3) is 0.917. The number of rotatable bonds is 3. The van der Waals surface area contributed by atoms with Crippen molar-refractivity contribution in [2.75, 3.05) is 33.3 Å². The van der Waals surface area contributed by atoms with Crippen molar-refractivity contribution < 1.29 is 9.53 Å². The summed E-state index contributed by atoms with van der Waals surface area (Å²) in [7, 11) is 1.93. The molecule has 0 aliphatic carbocycles. The van der Waals surface area contributed by atoms with Crippen LogP contribution >= 0.6 is 0 Å². The molecule has 1 rings (SSSR count). The molecule has 1 atom stereocenters. The van der Waals surface area contributed by atoms with Crippen LogP contribution in [-0.2, 0) is 9.53 Å². The second-order valence-corrected chi connectivity index (χ2v) is 5.39. The summed E-state index contributed by atoms with van der Waals surface area (Å²) in [5, 5.41) is 3.11. The summed E-state index contributed by atoms with van der Waals surface area (Å²) in [6.07, 6.45) is 1.15. The fourth-order valence-electron chi connectivity index (χ4n) is 1.86. The van der Waals surface area contributed by atoms with Gasteiger partial charge in [0.05, 0.1) is 12.7 Å². The molecule has 0 saturated carbocycles. The summed E-state index contributed by atoms with van der Waals surface area (Å²) in [5.74, 6) is 0.227. The van der Waals surface area contributed by atoms with E-state index < -0.39 is 0 Å². The molecule has 1 fully saturated rings. The van der Waals surface area contributed by atoms with Crippen molar-refractivity contribution in [1.82, 2.24) is 10.2 Å². The zero-order valence-corrected chi connectivity index (χ0v) is 10.9. The van der Waals surface area contributed by atoms with E-state index in [-0.39, 0.29) is 17.4 Å². The number of hydrogen-bond acceptors (Lipinski definition) is 3. The van der Waals surface area contributed by atoms with E-state index >= 15 is 0 Å². The third-order valence-electron chi connectivity index (χ3n) is 2.78. The van der Waals surface area contributed by atoms with E-state index in [9.17, 15) is 4.79 Å². The maximum atomic E-state index is 12.1. The largest absolute Gasteiger partial charge is 0.374 e. The topological polar surface area (TPSA) is 41.6 Å². The number of nitrogens with one attached hydrogen (secondary N) is 1. The van der Waals surface area contributed by atoms with Gasteiger partial charge in [0.15, 0.2) is 0 Å². The SMILES string of the molecule is CNCCC1CN(C(=O)C(C)(C)C)CCO1. The lowest BCUT2D eigenvalue weighted by atomic mass is 9.94. The van der Waals surface area contributed by atoms with Crippen molar-refractivity contribution in [1.29, 1.82) is 0 Å². The molecule has 1 unspecified atom stereocenters. The number of morpholine rings is 1. The van der Waals surface area contributed by atoms with Crippen molar-refractivity contribution >= 4 is 5.91 Å². The quantitative estimate of drug-likeness (QED) is 0.779. The van der Waals surface area contributed by atoms with Gasteiger partial charge in [-0.05, 0) is 20.0 Å². The Kier molecular flexibility index (Phi) is 4.74. The number of hydrogen-bond donors (Lipinski definition) is 1. The molecule has 1 aliphatic rings. The van der Waals surface area contributed by atoms with Gasteiger partial charge in [-0.25, -0.2) is 0 Å². The molecule has 94 valence electrons. The minimum atomic E-state index is -0.287. The Labute approximate surface area is 98.3 Å². The van der Waals surface area contributed by atoms with Crippen LogP contribution in [0.2, 0.25) is 0 Å². The molecule has 0 aromatic carbocycles. The normalized spacial score (nSPS) is 22.2. The summed E-state index contributed by atoms with van der Waals surface area (Å²) in [4.78, 5) is 14.0. The maximum absolute atomic E-state index is 12.1. The molecule has 1 saturated heterocycles. The lowest BCUT2D eigenvalue weighted by Crippen LogP contribution is -2.49. The smallest absolute Gasteiger partial charge is 0.228 e. The first-order valence-electron chi connectivity index (χ1n) is 6.00. The zero-order chi connectivity index (χ0) is 12.2. The highest BCUT2D eigenvalue weighted by Crippen LogP contribution is 2.20. The van der Waals surface area contributed by atoms with Gasteiger partial charge in [-0.2, -0.15) is 0 Å². The van der Waals surface area contributed by atoms with Gasteiger partial charge in [-0.1, -0.05) is 20.8 Å². The van der Waals surface area contributed by atoms with Gasteiger partial charge in [-0.15, -0.1) is 0 Å². The van der Waals surface area contributed by atoms with Crippen LogP contribution in [0.1, 0.15) is 27.2 Å². The van der Waals surface area contributed by atoms with E-state index in [1.54, 1.807) is 0 Å². The zero-order valence-electron chi connectivity index (χ0n) is 10.9. The Hall–Kier alpha value is -0.610. The van der Waals surface area contributed by atoms with E-state index in [0.29, 0.717) is 6.61 Å². The molecule has 1 amide bonds. The molecule has 1 aliphatic heterocycles. The number of carbonyl (C=O) groups excluding carboxylic acids is 1. The minimum absolute atomic E-state index is 0.187. The van der Waals surface area contributed by atoms with Crippen LogP contribution in [0.15, 0.2) is 0 Å². The van der Waals surface area contributed by atoms with E-state index in [1.807, 2.05) is 32.7 Å². The van der Waals surface area contributed by atoms with Gasteiger partial charge in [0, 0.05) is 18.5 Å². The van der Waals surface area contributed by atoms with Crippen molar-refractivity contribution in [3.8, 4) is 0 Å². The van der Waals surface area contributed by atoms with Crippen LogP contribution in [-0.4, -0.2) is 50.2 Å². The highest BCUT2D eigenvalue weighted by atomic mass is 16.5. The summed E-state index contributed by atoms with van der Waals surface area (Å²) in [6.45, 7) is 8.95. The third kappa shape index (κ3) is 3.76. The maximum Gasteiger partial charge on any atom is 0.228 e. The molecule has 0 radical (unpaired) electrons. The van der Waals surface area contributed by atoms with Crippen molar-refractivity contribution in [3.05, 3.63) is 0 Å². The lowest BCUT2D eigenvalue weighted by molar-refractivity contribution is -0.147. The highest BCUT2D eigenvalue weighted by Gasteiger charge is 2.31. The van der Waals surface area contributed by atoms with E-state index in [4.69, 9.17) is 4.74 Å². The second kappa shape index (κ2) is 5.64. The average molecular weight is 228 g/mol.